The van der Waals surface area contributed by atoms with E-state index in [1.165, 1.54) is 6.07 Å². The summed E-state index contributed by atoms with van der Waals surface area (Å²) >= 11 is 8.26. The number of halogens is 2. The minimum Gasteiger partial charge on any atom is -0.255 e. The Balaban J connectivity index is 2.82. The van der Waals surface area contributed by atoms with Crippen LogP contribution < -0.4 is 5.14 Å². The second-order valence-corrected chi connectivity index (χ2v) is 7.07. The largest absolute Gasteiger partial charge is 0.255 e. The summed E-state index contributed by atoms with van der Waals surface area (Å²) in [5.41, 5.74) is 1.74. The molecule has 0 saturated carbocycles. The van der Waals surface area contributed by atoms with Crippen molar-refractivity contribution in [1.82, 2.24) is 4.98 Å². The van der Waals surface area contributed by atoms with Gasteiger partial charge in [0.15, 0.2) is 0 Å². The Morgan fingerprint density at radius 3 is 2.63 bits per heavy atom. The topological polar surface area (TPSA) is 73.1 Å². The van der Waals surface area contributed by atoms with Gasteiger partial charge in [-0.15, -0.1) is 0 Å². The van der Waals surface area contributed by atoms with Crippen LogP contribution in [-0.2, 0) is 10.0 Å². The SMILES string of the molecule is Cc1ccc(S(N)(=O)=O)c(-c2nccc(I)c2Cl)c1. The van der Waals surface area contributed by atoms with Crippen LogP contribution in [-0.4, -0.2) is 13.4 Å². The molecule has 19 heavy (non-hydrogen) atoms. The van der Waals surface area contributed by atoms with Gasteiger partial charge in [0.2, 0.25) is 10.0 Å². The average Bonchev–Trinajstić information content (AvgIpc) is 2.31. The van der Waals surface area contributed by atoms with E-state index in [1.54, 1.807) is 24.4 Å². The van der Waals surface area contributed by atoms with Crippen molar-refractivity contribution in [2.45, 2.75) is 11.8 Å². The summed E-state index contributed by atoms with van der Waals surface area (Å²) in [5, 5.41) is 5.65. The smallest absolute Gasteiger partial charge is 0.238 e. The minimum atomic E-state index is -3.83. The van der Waals surface area contributed by atoms with E-state index in [4.69, 9.17) is 16.7 Å². The lowest BCUT2D eigenvalue weighted by Crippen LogP contribution is -2.13. The van der Waals surface area contributed by atoms with Crippen LogP contribution in [0, 0.1) is 10.5 Å². The molecule has 0 radical (unpaired) electrons. The van der Waals surface area contributed by atoms with Gasteiger partial charge in [0.05, 0.1) is 15.6 Å². The second-order valence-electron chi connectivity index (χ2n) is 4.00. The van der Waals surface area contributed by atoms with E-state index in [1.807, 2.05) is 6.92 Å². The van der Waals surface area contributed by atoms with Crippen molar-refractivity contribution in [2.75, 3.05) is 0 Å². The lowest BCUT2D eigenvalue weighted by Gasteiger charge is -2.10. The molecule has 1 aromatic carbocycles. The summed E-state index contributed by atoms with van der Waals surface area (Å²) in [7, 11) is -3.83. The monoisotopic (exact) mass is 408 g/mol. The molecule has 0 aliphatic heterocycles. The maximum absolute atomic E-state index is 11.6. The summed E-state index contributed by atoms with van der Waals surface area (Å²) in [6.07, 6.45) is 1.58. The van der Waals surface area contributed by atoms with Crippen molar-refractivity contribution in [3.8, 4) is 11.3 Å². The van der Waals surface area contributed by atoms with Gasteiger partial charge in [0.25, 0.3) is 0 Å². The van der Waals surface area contributed by atoms with E-state index in [0.717, 1.165) is 9.13 Å². The van der Waals surface area contributed by atoms with Crippen molar-refractivity contribution in [1.29, 1.82) is 0 Å². The van der Waals surface area contributed by atoms with Crippen molar-refractivity contribution in [2.24, 2.45) is 5.14 Å². The zero-order valence-electron chi connectivity index (χ0n) is 9.89. The first kappa shape index (κ1) is 14.7. The van der Waals surface area contributed by atoms with Crippen LogP contribution in [0.5, 0.6) is 0 Å². The van der Waals surface area contributed by atoms with Crippen molar-refractivity contribution in [3.63, 3.8) is 0 Å². The Morgan fingerprint density at radius 1 is 1.32 bits per heavy atom. The number of sulfonamides is 1. The van der Waals surface area contributed by atoms with Crippen LogP contribution in [0.25, 0.3) is 11.3 Å². The zero-order chi connectivity index (χ0) is 14.2. The average molecular weight is 409 g/mol. The number of benzene rings is 1. The van der Waals surface area contributed by atoms with Gasteiger partial charge < -0.3 is 0 Å². The molecule has 1 heterocycles. The molecule has 100 valence electrons. The molecule has 0 amide bonds. The number of aryl methyl sites for hydroxylation is 1. The van der Waals surface area contributed by atoms with E-state index in [2.05, 4.69) is 27.6 Å². The highest BCUT2D eigenvalue weighted by Gasteiger charge is 2.19. The minimum absolute atomic E-state index is 0.0227. The molecule has 0 atom stereocenters. The first-order chi connectivity index (χ1) is 8.80. The molecular weight excluding hydrogens is 399 g/mol. The van der Waals surface area contributed by atoms with Crippen LogP contribution in [0.4, 0.5) is 0 Å². The number of rotatable bonds is 2. The third-order valence-electron chi connectivity index (χ3n) is 2.54. The van der Waals surface area contributed by atoms with Crippen LogP contribution in [0.15, 0.2) is 35.4 Å². The van der Waals surface area contributed by atoms with Gasteiger partial charge >= 0.3 is 0 Å². The van der Waals surface area contributed by atoms with E-state index < -0.39 is 10.0 Å². The number of nitrogens with two attached hydrogens (primary N) is 1. The highest BCUT2D eigenvalue weighted by Crippen LogP contribution is 2.33. The van der Waals surface area contributed by atoms with Gasteiger partial charge in [-0.3, -0.25) is 4.98 Å². The molecule has 0 bridgehead atoms. The molecule has 0 spiro atoms. The summed E-state index contributed by atoms with van der Waals surface area (Å²) in [5.74, 6) is 0. The second kappa shape index (κ2) is 5.35. The summed E-state index contributed by atoms with van der Waals surface area (Å²) in [6, 6.07) is 6.62. The molecule has 2 rings (SSSR count). The molecule has 7 heteroatoms. The van der Waals surface area contributed by atoms with Gasteiger partial charge in [-0.05, 0) is 47.7 Å². The van der Waals surface area contributed by atoms with Crippen molar-refractivity contribution >= 4 is 44.2 Å². The molecule has 0 saturated heterocycles. The lowest BCUT2D eigenvalue weighted by molar-refractivity contribution is 0.598. The Hall–Kier alpha value is -0.700. The summed E-state index contributed by atoms with van der Waals surface area (Å²) in [4.78, 5) is 4.19. The molecule has 1 aromatic heterocycles. The van der Waals surface area contributed by atoms with E-state index in [-0.39, 0.29) is 4.90 Å². The van der Waals surface area contributed by atoms with Crippen LogP contribution >= 0.6 is 34.2 Å². The number of aromatic nitrogens is 1. The third-order valence-corrected chi connectivity index (χ3v) is 5.11. The maximum Gasteiger partial charge on any atom is 0.238 e. The first-order valence-electron chi connectivity index (χ1n) is 5.24. The zero-order valence-corrected chi connectivity index (χ0v) is 13.6. The van der Waals surface area contributed by atoms with Gasteiger partial charge in [0.1, 0.15) is 0 Å². The summed E-state index contributed by atoms with van der Waals surface area (Å²) < 4.78 is 24.1. The van der Waals surface area contributed by atoms with Crippen molar-refractivity contribution in [3.05, 3.63) is 44.6 Å². The van der Waals surface area contributed by atoms with Gasteiger partial charge in [-0.1, -0.05) is 23.2 Å². The van der Waals surface area contributed by atoms with Gasteiger partial charge in [-0.25, -0.2) is 13.6 Å². The van der Waals surface area contributed by atoms with E-state index in [0.29, 0.717) is 16.3 Å². The molecule has 0 aliphatic carbocycles. The third kappa shape index (κ3) is 3.07. The quantitative estimate of drug-likeness (QED) is 0.777. The normalized spacial score (nSPS) is 11.6. The number of hydrogen-bond donors (Lipinski definition) is 1. The Bertz CT molecular complexity index is 747. The number of pyridine rings is 1. The van der Waals surface area contributed by atoms with Gasteiger partial charge in [0, 0.05) is 15.3 Å². The van der Waals surface area contributed by atoms with Crippen LogP contribution in [0.1, 0.15) is 5.56 Å². The predicted molar refractivity (Wildman–Crippen MR) is 83.5 cm³/mol. The Kier molecular flexibility index (Phi) is 4.14. The molecular formula is C12H10ClIN2O2S. The molecule has 0 unspecified atom stereocenters. The number of primary sulfonamides is 1. The molecule has 0 aliphatic rings. The molecule has 0 fully saturated rings. The highest BCUT2D eigenvalue weighted by atomic mass is 127. The molecule has 2 N–H and O–H groups in total. The molecule has 2 aromatic rings. The lowest BCUT2D eigenvalue weighted by atomic mass is 10.1. The van der Waals surface area contributed by atoms with E-state index in [9.17, 15) is 8.42 Å². The van der Waals surface area contributed by atoms with E-state index >= 15 is 0 Å². The summed E-state index contributed by atoms with van der Waals surface area (Å²) in [6.45, 7) is 1.86. The van der Waals surface area contributed by atoms with Crippen molar-refractivity contribution < 1.29 is 8.42 Å². The fraction of sp³-hybridized carbons (Fsp3) is 0.0833. The fourth-order valence-electron chi connectivity index (χ4n) is 1.68. The first-order valence-corrected chi connectivity index (χ1v) is 8.25. The number of nitrogens with zero attached hydrogens (tertiary/aromatic N) is 1. The Labute approximate surface area is 130 Å². The number of hydrogen-bond acceptors (Lipinski definition) is 3. The Morgan fingerprint density at radius 2 is 2.00 bits per heavy atom. The van der Waals surface area contributed by atoms with Crippen LogP contribution in [0.2, 0.25) is 5.02 Å². The highest BCUT2D eigenvalue weighted by molar-refractivity contribution is 14.1. The van der Waals surface area contributed by atoms with Gasteiger partial charge in [-0.2, -0.15) is 0 Å². The fourth-order valence-corrected chi connectivity index (χ4v) is 3.03. The van der Waals surface area contributed by atoms with Crippen LogP contribution in [0.3, 0.4) is 0 Å². The molecule has 4 nitrogen and oxygen atoms in total. The maximum atomic E-state index is 11.6. The standard InChI is InChI=1S/C12H10ClIN2O2S/c1-7-2-3-10(19(15,17)18)8(6-7)12-11(13)9(14)4-5-16-12/h2-6H,1H3,(H2,15,17,18). The predicted octanol–water partition coefficient (Wildman–Crippen LogP) is 2.96.